The van der Waals surface area contributed by atoms with Gasteiger partial charge in [0.1, 0.15) is 0 Å². The zero-order valence-electron chi connectivity index (χ0n) is 26.1. The van der Waals surface area contributed by atoms with Crippen molar-refractivity contribution in [3.63, 3.8) is 0 Å². The summed E-state index contributed by atoms with van der Waals surface area (Å²) in [5, 5.41) is 7.02. The number of hydrogen-bond donors (Lipinski definition) is 0. The van der Waals surface area contributed by atoms with Gasteiger partial charge in [0.25, 0.3) is 0 Å². The Morgan fingerprint density at radius 3 is 1.36 bits per heavy atom. The monoisotopic (exact) mass is 736 g/mol. The zero-order chi connectivity index (χ0) is 30.5. The number of benzene rings is 4. The first-order valence-corrected chi connectivity index (χ1v) is 16.3. The van der Waals surface area contributed by atoms with Crippen molar-refractivity contribution in [1.82, 2.24) is 0 Å². The molecule has 5 heteroatoms. The Morgan fingerprint density at radius 1 is 0.659 bits per heavy atom. The number of allylic oxidation sites excluding steroid dienone is 4. The van der Waals surface area contributed by atoms with Crippen LogP contribution in [0.4, 0.5) is 0 Å². The van der Waals surface area contributed by atoms with Crippen LogP contribution in [0.25, 0.3) is 21.5 Å². The average Bonchev–Trinajstić information content (AvgIpc) is 3.64. The van der Waals surface area contributed by atoms with Crippen LogP contribution in [0, 0.1) is 6.08 Å². The molecule has 0 unspecified atom stereocenters. The van der Waals surface area contributed by atoms with Gasteiger partial charge in [-0.25, -0.2) is 12.2 Å². The molecule has 0 bridgehead atoms. The van der Waals surface area contributed by atoms with Crippen molar-refractivity contribution in [3.05, 3.63) is 148 Å². The molecule has 0 amide bonds. The van der Waals surface area contributed by atoms with Crippen LogP contribution in [0.1, 0.15) is 70.2 Å². The second kappa shape index (κ2) is 16.6. The Bertz CT molecular complexity index is 1600. The maximum Gasteiger partial charge on any atom is -0.109 e. The molecule has 0 radical (unpaired) electrons. The van der Waals surface area contributed by atoms with Crippen molar-refractivity contribution < 1.29 is 49.0 Å². The van der Waals surface area contributed by atoms with E-state index >= 15 is 0 Å². The molecular formula is C39H38Cl4Zr-2. The Labute approximate surface area is 301 Å². The van der Waals surface area contributed by atoms with Gasteiger partial charge in [0.05, 0.1) is 0 Å². The number of hydrogen-bond acceptors (Lipinski definition) is 0. The molecule has 1 aliphatic carbocycles. The van der Waals surface area contributed by atoms with Gasteiger partial charge in [-0.1, -0.05) is 76.9 Å². The number of fused-ring (bicyclic) bond motifs is 3. The molecule has 0 spiro atoms. The van der Waals surface area contributed by atoms with Crippen molar-refractivity contribution in [3.8, 4) is 0 Å². The van der Waals surface area contributed by atoms with Crippen LogP contribution < -0.4 is 24.8 Å². The van der Waals surface area contributed by atoms with E-state index in [1.807, 2.05) is 60.7 Å². The summed E-state index contributed by atoms with van der Waals surface area (Å²) < 4.78 is 1.31. The van der Waals surface area contributed by atoms with Gasteiger partial charge in [-0.05, 0) is 10.8 Å². The molecule has 0 saturated heterocycles. The van der Waals surface area contributed by atoms with E-state index in [9.17, 15) is 0 Å². The van der Waals surface area contributed by atoms with Gasteiger partial charge < -0.3 is 24.8 Å². The summed E-state index contributed by atoms with van der Waals surface area (Å²) >= 11 is 13.1. The molecule has 5 aromatic rings. The smallest absolute Gasteiger partial charge is 0.109 e. The van der Waals surface area contributed by atoms with Crippen LogP contribution in [-0.4, -0.2) is 3.21 Å². The van der Waals surface area contributed by atoms with Gasteiger partial charge in [0.2, 0.25) is 0 Å². The van der Waals surface area contributed by atoms with Gasteiger partial charge in [0.15, 0.2) is 0 Å². The predicted octanol–water partition coefficient (Wildman–Crippen LogP) is 5.73. The molecule has 0 saturated carbocycles. The van der Waals surface area contributed by atoms with Crippen LogP contribution in [0.15, 0.2) is 109 Å². The first-order valence-electron chi connectivity index (χ1n) is 14.3. The molecule has 1 aliphatic rings. The van der Waals surface area contributed by atoms with Crippen LogP contribution in [0.5, 0.6) is 0 Å². The summed E-state index contributed by atoms with van der Waals surface area (Å²) in [6.07, 6.45) is 10.0. The van der Waals surface area contributed by atoms with E-state index in [4.69, 9.17) is 23.2 Å². The summed E-state index contributed by atoms with van der Waals surface area (Å²) in [5.41, 5.74) is 5.63. The van der Waals surface area contributed by atoms with E-state index in [-0.39, 0.29) is 35.6 Å². The third-order valence-electron chi connectivity index (χ3n) is 7.29. The second-order valence-electron chi connectivity index (χ2n) is 12.6. The van der Waals surface area contributed by atoms with Crippen molar-refractivity contribution in [1.29, 1.82) is 0 Å². The summed E-state index contributed by atoms with van der Waals surface area (Å²) in [6.45, 7) is 13.7. The Kier molecular flexibility index (Phi) is 14.5. The van der Waals surface area contributed by atoms with Crippen molar-refractivity contribution in [2.75, 3.05) is 0 Å². The molecule has 0 N–H and O–H groups in total. The maximum absolute atomic E-state index is 5.86. The van der Waals surface area contributed by atoms with Gasteiger partial charge >= 0.3 is 120 Å². The van der Waals surface area contributed by atoms with Crippen LogP contribution in [-0.2, 0) is 35.1 Å². The van der Waals surface area contributed by atoms with Crippen molar-refractivity contribution >= 4 is 48.0 Å². The summed E-state index contributed by atoms with van der Waals surface area (Å²) in [7, 11) is 0. The van der Waals surface area contributed by atoms with Crippen molar-refractivity contribution in [2.45, 2.75) is 58.8 Å². The van der Waals surface area contributed by atoms with Gasteiger partial charge in [-0.3, -0.25) is 6.08 Å². The summed E-state index contributed by atoms with van der Waals surface area (Å²) in [4.78, 5) is 0. The minimum Gasteiger partial charge on any atom is -1.00 e. The maximum atomic E-state index is 5.86. The standard InChI is InChI=1S/C21H25.C13H8Cl2.C5H5.2ClH.Zr/c1-20(2,3)16-9-7-14-11-15-8-10-17(21(4,5)6)13-19(15)18(14)12-16;14-12-5-1-10(2-6-12)9-11-3-7-13(15)8-4-11;1-2-4-5-3-1;;;/h7-13H,1-6H3;1-8H;1-3H,4H2;2*1H;/q-1;;-1;;;+2/p-2. The molecule has 0 nitrogen and oxygen atoms in total. The fourth-order valence-corrected chi connectivity index (χ4v) is 5.74. The summed E-state index contributed by atoms with van der Waals surface area (Å²) in [6, 6.07) is 32.0. The van der Waals surface area contributed by atoms with Gasteiger partial charge in [-0.2, -0.15) is 6.08 Å². The average molecular weight is 740 g/mol. The van der Waals surface area contributed by atoms with E-state index in [0.717, 1.165) is 16.5 Å². The number of rotatable bonds is 2. The van der Waals surface area contributed by atoms with E-state index in [1.165, 1.54) is 71.2 Å². The van der Waals surface area contributed by atoms with Crippen molar-refractivity contribution in [2.24, 2.45) is 0 Å². The normalized spacial score (nSPS) is 12.0. The van der Waals surface area contributed by atoms with Gasteiger partial charge in [0, 0.05) is 0 Å². The van der Waals surface area contributed by atoms with Crippen LogP contribution in [0.3, 0.4) is 0 Å². The third-order valence-corrected chi connectivity index (χ3v) is 9.21. The minimum atomic E-state index is 0. The Balaban J connectivity index is 0.000000260. The molecule has 6 rings (SSSR count). The molecule has 0 atom stereocenters. The molecule has 44 heavy (non-hydrogen) atoms. The SMILES string of the molecule is CC(C)(C)c1ccc2[cH-]c3ccc(C(C)(C)C)cc3c2c1.Clc1ccc([C](=[Zr+2])c2ccc(Cl)cc2)cc1.[C-]1=CC=CC1.[Cl-].[Cl-]. The quantitative estimate of drug-likeness (QED) is 0.203. The topological polar surface area (TPSA) is 0 Å². The van der Waals surface area contributed by atoms with E-state index in [1.54, 1.807) is 0 Å². The molecule has 5 aromatic carbocycles. The molecule has 0 aliphatic heterocycles. The molecule has 228 valence electrons. The van der Waals surface area contributed by atoms with Crippen LogP contribution in [0.2, 0.25) is 10.0 Å². The van der Waals surface area contributed by atoms with Gasteiger partial charge in [-0.15, -0.1) is 46.2 Å². The van der Waals surface area contributed by atoms with E-state index in [2.05, 4.69) is 96.2 Å². The van der Waals surface area contributed by atoms with E-state index < -0.39 is 0 Å². The minimum absolute atomic E-state index is 0. The summed E-state index contributed by atoms with van der Waals surface area (Å²) in [5.74, 6) is 0. The first-order chi connectivity index (χ1) is 19.8. The zero-order valence-corrected chi connectivity index (χ0v) is 31.6. The Morgan fingerprint density at radius 2 is 1.07 bits per heavy atom. The second-order valence-corrected chi connectivity index (χ2v) is 14.7. The molecule has 0 fully saturated rings. The van der Waals surface area contributed by atoms with E-state index in [0.29, 0.717) is 0 Å². The third kappa shape index (κ3) is 10.3. The predicted molar refractivity (Wildman–Crippen MR) is 182 cm³/mol. The Hall–Kier alpha value is -1.86. The number of halogens is 4. The largest absolute Gasteiger partial charge is 1.00 e. The molecular weight excluding hydrogens is 701 g/mol. The first kappa shape index (κ1) is 38.3. The fourth-order valence-electron chi connectivity index (χ4n) is 4.67. The van der Waals surface area contributed by atoms with Crippen LogP contribution >= 0.6 is 23.2 Å². The fraction of sp³-hybridized carbons (Fsp3) is 0.231. The molecule has 0 aromatic heterocycles. The molecule has 0 heterocycles.